The van der Waals surface area contributed by atoms with Gasteiger partial charge in [-0.2, -0.15) is 0 Å². The van der Waals surface area contributed by atoms with Crippen molar-refractivity contribution in [3.63, 3.8) is 0 Å². The Labute approximate surface area is 298 Å². The first kappa shape index (κ1) is 41.4. The summed E-state index contributed by atoms with van der Waals surface area (Å²) < 4.78 is 19.4. The Morgan fingerprint density at radius 2 is 1.46 bits per heavy atom. The molecule has 5 nitrogen and oxygen atoms in total. The van der Waals surface area contributed by atoms with Crippen LogP contribution in [0, 0.1) is 28.6 Å². The molecule has 0 saturated heterocycles. The van der Waals surface area contributed by atoms with Crippen LogP contribution in [0.25, 0.3) is 0 Å². The normalized spacial score (nSPS) is 30.0. The van der Waals surface area contributed by atoms with Gasteiger partial charge in [-0.1, -0.05) is 90.8 Å². The van der Waals surface area contributed by atoms with E-state index in [0.29, 0.717) is 24.4 Å². The lowest BCUT2D eigenvalue weighted by molar-refractivity contribution is -0.158. The van der Waals surface area contributed by atoms with Gasteiger partial charge in [-0.3, -0.25) is 4.79 Å². The molecule has 7 atom stereocenters. The highest BCUT2D eigenvalue weighted by Gasteiger charge is 2.50. The molecule has 276 valence electrons. The predicted molar refractivity (Wildman–Crippen MR) is 207 cm³/mol. The zero-order valence-electron chi connectivity index (χ0n) is 33.7. The number of carbonyl (C=O) groups excluding carboxylic acids is 1. The molecule has 0 aromatic rings. The highest BCUT2D eigenvalue weighted by molar-refractivity contribution is 6.74. The minimum absolute atomic E-state index is 0.180. The number of hydrogen-bond acceptors (Lipinski definition) is 5. The molecule has 0 heterocycles. The maximum absolute atomic E-state index is 12.5. The van der Waals surface area contributed by atoms with Gasteiger partial charge in [0.25, 0.3) is 0 Å². The van der Waals surface area contributed by atoms with Gasteiger partial charge in [0.1, 0.15) is 0 Å². The van der Waals surface area contributed by atoms with Crippen molar-refractivity contribution < 1.29 is 23.5 Å². The molecule has 0 aromatic heterocycles. The minimum Gasteiger partial charge on any atom is -0.465 e. The summed E-state index contributed by atoms with van der Waals surface area (Å²) in [5, 5.41) is 11.3. The van der Waals surface area contributed by atoms with E-state index in [1.54, 1.807) is 26.3 Å². The minimum atomic E-state index is -1.91. The summed E-state index contributed by atoms with van der Waals surface area (Å²) in [6, 6.07) is 0. The SMILES string of the molecule is CCOC(=O)C(C)(C)[C@@H](O)/C=C/[C@@H](C)[C@H]1CC[C@H]2/C(=C/C=C3C[C@@H](O[Si](C)(C)C(C)(C)C)C[C@H](O[Si](C)(C)C(C)(C)C)C3)CCC[C@]12C. The largest absolute Gasteiger partial charge is 0.465 e. The molecule has 3 fully saturated rings. The van der Waals surface area contributed by atoms with Crippen LogP contribution in [-0.2, 0) is 18.4 Å². The lowest BCUT2D eigenvalue weighted by atomic mass is 9.61. The van der Waals surface area contributed by atoms with E-state index in [9.17, 15) is 9.90 Å². The molecular formula is C41H74O5Si2. The zero-order valence-corrected chi connectivity index (χ0v) is 35.7. The van der Waals surface area contributed by atoms with Crippen molar-refractivity contribution >= 4 is 22.6 Å². The van der Waals surface area contributed by atoms with Crippen molar-refractivity contribution in [3.8, 4) is 0 Å². The molecule has 0 aromatic carbocycles. The van der Waals surface area contributed by atoms with E-state index in [4.69, 9.17) is 13.6 Å². The van der Waals surface area contributed by atoms with E-state index in [-0.39, 0.29) is 33.7 Å². The third-order valence-electron chi connectivity index (χ3n) is 13.4. The molecule has 3 aliphatic carbocycles. The molecule has 3 saturated carbocycles. The fourth-order valence-corrected chi connectivity index (χ4v) is 10.8. The Morgan fingerprint density at radius 3 is 1.96 bits per heavy atom. The predicted octanol–water partition coefficient (Wildman–Crippen LogP) is 11.2. The summed E-state index contributed by atoms with van der Waals surface area (Å²) in [7, 11) is -3.83. The Morgan fingerprint density at radius 1 is 0.917 bits per heavy atom. The Kier molecular flexibility index (Phi) is 13.2. The monoisotopic (exact) mass is 703 g/mol. The van der Waals surface area contributed by atoms with E-state index in [2.05, 4.69) is 99.8 Å². The molecule has 7 heteroatoms. The molecule has 0 bridgehead atoms. The molecule has 3 rings (SSSR count). The van der Waals surface area contributed by atoms with Crippen LogP contribution in [0.1, 0.15) is 128 Å². The van der Waals surface area contributed by atoms with Crippen molar-refractivity contribution in [1.82, 2.24) is 0 Å². The van der Waals surface area contributed by atoms with Gasteiger partial charge in [-0.05, 0) is 132 Å². The third-order valence-corrected chi connectivity index (χ3v) is 22.5. The maximum Gasteiger partial charge on any atom is 0.314 e. The van der Waals surface area contributed by atoms with Gasteiger partial charge in [0.2, 0.25) is 0 Å². The summed E-state index contributed by atoms with van der Waals surface area (Å²) in [5.41, 5.74) is 2.37. The quantitative estimate of drug-likeness (QED) is 0.132. The van der Waals surface area contributed by atoms with Crippen molar-refractivity contribution in [1.29, 1.82) is 0 Å². The van der Waals surface area contributed by atoms with Gasteiger partial charge in [0.05, 0.1) is 30.3 Å². The van der Waals surface area contributed by atoms with Crippen LogP contribution in [0.3, 0.4) is 0 Å². The summed E-state index contributed by atoms with van der Waals surface area (Å²) in [6.45, 7) is 34.0. The summed E-state index contributed by atoms with van der Waals surface area (Å²) in [4.78, 5) is 12.5. The number of carbonyl (C=O) groups is 1. The molecule has 0 amide bonds. The van der Waals surface area contributed by atoms with E-state index in [1.807, 2.05) is 6.08 Å². The summed E-state index contributed by atoms with van der Waals surface area (Å²) in [5.74, 6) is 1.11. The second kappa shape index (κ2) is 15.3. The second-order valence-electron chi connectivity index (χ2n) is 19.4. The lowest BCUT2D eigenvalue weighted by Crippen LogP contribution is -2.48. The van der Waals surface area contributed by atoms with Crippen molar-refractivity contribution in [3.05, 3.63) is 35.5 Å². The molecule has 0 aliphatic heterocycles. The number of allylic oxidation sites excluding steroid dienone is 4. The van der Waals surface area contributed by atoms with Gasteiger partial charge in [-0.15, -0.1) is 0 Å². The topological polar surface area (TPSA) is 65.0 Å². The molecule has 3 aliphatic rings. The molecule has 1 N–H and O–H groups in total. The number of rotatable bonds is 11. The van der Waals surface area contributed by atoms with Gasteiger partial charge in [0.15, 0.2) is 16.6 Å². The van der Waals surface area contributed by atoms with E-state index in [1.165, 1.54) is 37.7 Å². The second-order valence-corrected chi connectivity index (χ2v) is 29.0. The lowest BCUT2D eigenvalue weighted by Gasteiger charge is -2.45. The Balaban J connectivity index is 1.82. The van der Waals surface area contributed by atoms with Crippen LogP contribution in [-0.4, -0.2) is 52.6 Å². The standard InChI is InChI=1S/C41H74O5Si2/c1-16-44-37(43)40(9,10)36(42)24-19-29(2)34-22-23-35-31(18-17-25-41(34,35)11)21-20-30-26-32(45-47(12,13)38(3,4)5)28-33(27-30)46-48(14,15)39(6,7)8/h19-21,24,29,32-36,42H,16-18,22-23,25-28H2,1-15H3/b24-19+,31-21+/t29-,32-,33-,34-,35+,36+,41-/m1/s1. The fraction of sp³-hybridized carbons (Fsp3) is 0.829. The van der Waals surface area contributed by atoms with Crippen LogP contribution >= 0.6 is 0 Å². The zero-order chi connectivity index (χ0) is 36.5. The van der Waals surface area contributed by atoms with Gasteiger partial charge < -0.3 is 18.7 Å². The summed E-state index contributed by atoms with van der Waals surface area (Å²) in [6.07, 6.45) is 17.6. The average Bonchev–Trinajstić information content (AvgIpc) is 3.30. The van der Waals surface area contributed by atoms with Gasteiger partial charge >= 0.3 is 5.97 Å². The Hall–Kier alpha value is -0.996. The molecule has 48 heavy (non-hydrogen) atoms. The molecule has 0 spiro atoms. The van der Waals surface area contributed by atoms with Crippen LogP contribution in [0.15, 0.2) is 35.5 Å². The number of aliphatic hydroxyl groups excluding tert-OH is 1. The Bertz CT molecular complexity index is 1160. The number of ether oxygens (including phenoxy) is 1. The smallest absolute Gasteiger partial charge is 0.314 e. The maximum atomic E-state index is 12.5. The third kappa shape index (κ3) is 9.45. The molecular weight excluding hydrogens is 629 g/mol. The number of esters is 1. The molecule has 0 unspecified atom stereocenters. The first-order chi connectivity index (χ1) is 21.9. The van der Waals surface area contributed by atoms with Crippen molar-refractivity contribution in [2.24, 2.45) is 28.6 Å². The fourth-order valence-electron chi connectivity index (χ4n) is 8.09. The first-order valence-electron chi connectivity index (χ1n) is 19.1. The van der Waals surface area contributed by atoms with Crippen molar-refractivity contribution in [2.75, 3.05) is 6.61 Å². The van der Waals surface area contributed by atoms with Gasteiger partial charge in [-0.25, -0.2) is 0 Å². The highest BCUT2D eigenvalue weighted by Crippen LogP contribution is 2.59. The van der Waals surface area contributed by atoms with Crippen LogP contribution in [0.5, 0.6) is 0 Å². The van der Waals surface area contributed by atoms with E-state index < -0.39 is 28.2 Å². The number of fused-ring (bicyclic) bond motifs is 1. The average molecular weight is 703 g/mol. The van der Waals surface area contributed by atoms with Crippen LogP contribution < -0.4 is 0 Å². The van der Waals surface area contributed by atoms with Crippen LogP contribution in [0.2, 0.25) is 36.3 Å². The van der Waals surface area contributed by atoms with E-state index >= 15 is 0 Å². The van der Waals surface area contributed by atoms with Gasteiger partial charge in [0, 0.05) is 0 Å². The highest BCUT2D eigenvalue weighted by atomic mass is 28.4. The van der Waals surface area contributed by atoms with Crippen LogP contribution in [0.4, 0.5) is 0 Å². The van der Waals surface area contributed by atoms with Crippen molar-refractivity contribution in [2.45, 2.75) is 182 Å². The number of hydrogen-bond donors (Lipinski definition) is 1. The summed E-state index contributed by atoms with van der Waals surface area (Å²) >= 11 is 0. The number of aliphatic hydroxyl groups is 1. The molecule has 0 radical (unpaired) electrons. The van der Waals surface area contributed by atoms with E-state index in [0.717, 1.165) is 19.3 Å². The first-order valence-corrected chi connectivity index (χ1v) is 24.9.